The summed E-state index contributed by atoms with van der Waals surface area (Å²) in [4.78, 5) is 101. The van der Waals surface area contributed by atoms with Crippen LogP contribution in [0.1, 0.15) is 113 Å². The summed E-state index contributed by atoms with van der Waals surface area (Å²) < 4.78 is 28.2. The van der Waals surface area contributed by atoms with E-state index >= 15 is 0 Å². The third-order valence-electron chi connectivity index (χ3n) is 12.6. The molecule has 1 fully saturated rings. The summed E-state index contributed by atoms with van der Waals surface area (Å²) in [5.74, 6) is -4.58. The van der Waals surface area contributed by atoms with Gasteiger partial charge in [0.1, 0.15) is 30.8 Å². The highest BCUT2D eigenvalue weighted by Gasteiger charge is 2.34. The monoisotopic (exact) mass is 1030 g/mol. The Kier molecular flexibility index (Phi) is 22.0. The van der Waals surface area contributed by atoms with Crippen LogP contribution in [0.5, 0.6) is 5.75 Å². The third-order valence-corrected chi connectivity index (χ3v) is 12.6. The number of benzene rings is 4. The Bertz CT molecular complexity index is 2690. The van der Waals surface area contributed by atoms with Crippen LogP contribution >= 0.6 is 0 Å². The second-order valence-electron chi connectivity index (χ2n) is 18.0. The molecule has 3 N–H and O–H groups in total. The molecular formula is C57H67N5O13. The number of nitrogens with one attached hydrogen (secondary N) is 3. The smallest absolute Gasteiger partial charge is 0.363 e. The molecule has 2 unspecified atom stereocenters. The molecule has 18 nitrogen and oxygen atoms in total. The number of morpholine rings is 1. The van der Waals surface area contributed by atoms with E-state index in [4.69, 9.17) is 28.2 Å². The molecular weight excluding hydrogens is 963 g/mol. The first-order chi connectivity index (χ1) is 36.4. The standard InChI is InChI=1S/C57H67N5O13/c1-5-8-11-20-45(48(6-2)62(38-63)75-56(68)44-23-21-42(31-39(44)4)34-61-27-29-70-30-28-61)53(65)58-37-59-55(67)50-26-25-49(74-50)43-22-24-46(51(32-43)71-7-3)54(66)60-47(57(69)73-36-41-18-14-10-15-19-41)33-52(64)72-35-40-16-12-9-13-17-40/h9-10,12-19,21-26,31-32,38,45,47-48H,5-8,11,20,27-30,33-37H2,1-4H3,(H,58,65)(H,59,67)(H,60,66)/t45?,47?,48-/m1/s1. The lowest BCUT2D eigenvalue weighted by atomic mass is 9.90. The molecule has 3 atom stereocenters. The number of hydroxylamine groups is 2. The second-order valence-corrected chi connectivity index (χ2v) is 18.0. The molecule has 4 amide bonds. The topological polar surface area (TPSA) is 221 Å². The number of ether oxygens (including phenoxy) is 4. The van der Waals surface area contributed by atoms with E-state index in [9.17, 15) is 33.6 Å². The van der Waals surface area contributed by atoms with Crippen LogP contribution in [0.25, 0.3) is 11.3 Å². The van der Waals surface area contributed by atoms with Crippen molar-refractivity contribution in [2.45, 2.75) is 98.1 Å². The number of nitrogens with zero attached hydrogens (tertiary/aromatic N) is 2. The first-order valence-electron chi connectivity index (χ1n) is 25.4. The lowest BCUT2D eigenvalue weighted by molar-refractivity contribution is -0.171. The van der Waals surface area contributed by atoms with Gasteiger partial charge in [-0.05, 0) is 79.3 Å². The van der Waals surface area contributed by atoms with Crippen LogP contribution in [-0.2, 0) is 58.0 Å². The zero-order valence-corrected chi connectivity index (χ0v) is 43.0. The van der Waals surface area contributed by atoms with Crippen LogP contribution in [-0.4, -0.2) is 104 Å². The molecule has 0 radical (unpaired) electrons. The molecule has 5 aromatic rings. The molecule has 1 saturated heterocycles. The van der Waals surface area contributed by atoms with Crippen molar-refractivity contribution >= 4 is 42.0 Å². The number of carbonyl (C=O) groups is 7. The number of carbonyl (C=O) groups excluding carboxylic acids is 7. The molecule has 398 valence electrons. The largest absolute Gasteiger partial charge is 0.493 e. The maximum Gasteiger partial charge on any atom is 0.363 e. The van der Waals surface area contributed by atoms with Crippen LogP contribution in [0.15, 0.2) is 114 Å². The molecule has 0 saturated carbocycles. The van der Waals surface area contributed by atoms with E-state index in [1.807, 2.05) is 38.1 Å². The van der Waals surface area contributed by atoms with Crippen molar-refractivity contribution in [3.8, 4) is 17.1 Å². The number of amides is 4. The summed E-state index contributed by atoms with van der Waals surface area (Å²) in [6.45, 7) is 10.8. The average Bonchev–Trinajstić information content (AvgIpc) is 3.93. The lowest BCUT2D eigenvalue weighted by Gasteiger charge is -2.32. The number of furan rings is 1. The average molecular weight is 1030 g/mol. The molecule has 1 aliphatic rings. The quantitative estimate of drug-likeness (QED) is 0.0146. The SMILES string of the molecule is CCCCCC(C(=O)NCNC(=O)c1ccc(-c2ccc(C(=O)NC(CC(=O)OCc3ccccc3)C(=O)OCc3ccccc3)c(OCC)c2)o1)[C@@H](CC)N(C=O)OC(=O)c1ccc(CN2CCOCC2)cc1C. The minimum atomic E-state index is -1.41. The lowest BCUT2D eigenvalue weighted by Crippen LogP contribution is -2.49. The molecule has 0 bridgehead atoms. The van der Waals surface area contributed by atoms with E-state index in [2.05, 4.69) is 20.9 Å². The van der Waals surface area contributed by atoms with Crippen LogP contribution in [0.3, 0.4) is 0 Å². The van der Waals surface area contributed by atoms with Gasteiger partial charge in [0, 0.05) is 25.2 Å². The van der Waals surface area contributed by atoms with E-state index < -0.39 is 60.1 Å². The molecule has 18 heteroatoms. The van der Waals surface area contributed by atoms with E-state index in [1.54, 1.807) is 86.6 Å². The Morgan fingerprint density at radius 3 is 2.11 bits per heavy atom. The van der Waals surface area contributed by atoms with Gasteiger partial charge in [0.25, 0.3) is 11.8 Å². The summed E-state index contributed by atoms with van der Waals surface area (Å²) in [7, 11) is 0. The third kappa shape index (κ3) is 16.8. The normalized spacial score (nSPS) is 13.5. The second kappa shape index (κ2) is 29.2. The maximum absolute atomic E-state index is 13.9. The van der Waals surface area contributed by atoms with Gasteiger partial charge < -0.3 is 44.2 Å². The van der Waals surface area contributed by atoms with E-state index in [0.29, 0.717) is 67.7 Å². The Morgan fingerprint density at radius 1 is 0.760 bits per heavy atom. The van der Waals surface area contributed by atoms with Crippen molar-refractivity contribution < 1.29 is 61.8 Å². The predicted octanol–water partition coefficient (Wildman–Crippen LogP) is 7.47. The van der Waals surface area contributed by atoms with Gasteiger partial charge >= 0.3 is 17.9 Å². The summed E-state index contributed by atoms with van der Waals surface area (Å²) in [5, 5.41) is 8.95. The fourth-order valence-corrected chi connectivity index (χ4v) is 8.54. The van der Waals surface area contributed by atoms with Crippen LogP contribution < -0.4 is 20.7 Å². The Balaban J connectivity index is 1.07. The van der Waals surface area contributed by atoms with E-state index in [0.717, 1.165) is 42.1 Å². The Morgan fingerprint density at radius 2 is 1.45 bits per heavy atom. The molecule has 75 heavy (non-hydrogen) atoms. The number of hydrogen-bond donors (Lipinski definition) is 3. The molecule has 1 aromatic heterocycles. The van der Waals surface area contributed by atoms with Crippen molar-refractivity contribution in [1.29, 1.82) is 0 Å². The highest BCUT2D eigenvalue weighted by molar-refractivity contribution is 6.00. The summed E-state index contributed by atoms with van der Waals surface area (Å²) in [6.07, 6.45) is 2.98. The van der Waals surface area contributed by atoms with Crippen molar-refractivity contribution in [2.75, 3.05) is 39.6 Å². The van der Waals surface area contributed by atoms with Crippen LogP contribution in [0, 0.1) is 12.8 Å². The number of hydrogen-bond acceptors (Lipinski definition) is 14. The molecule has 6 rings (SSSR count). The summed E-state index contributed by atoms with van der Waals surface area (Å²) in [6, 6.07) is 28.8. The number of rotatable bonds is 28. The van der Waals surface area contributed by atoms with Gasteiger partial charge in [0.2, 0.25) is 12.3 Å². The molecule has 4 aromatic carbocycles. The maximum atomic E-state index is 13.9. The van der Waals surface area contributed by atoms with Crippen LogP contribution in [0.2, 0.25) is 0 Å². The fraction of sp³-hybridized carbons (Fsp3) is 0.386. The number of aryl methyl sites for hydroxylation is 1. The van der Waals surface area contributed by atoms with Gasteiger partial charge in [-0.15, -0.1) is 0 Å². The fourth-order valence-electron chi connectivity index (χ4n) is 8.54. The van der Waals surface area contributed by atoms with Crippen molar-refractivity contribution in [3.05, 3.63) is 148 Å². The van der Waals surface area contributed by atoms with Crippen molar-refractivity contribution in [2.24, 2.45) is 5.92 Å². The molecule has 0 spiro atoms. The van der Waals surface area contributed by atoms with Gasteiger partial charge in [-0.2, -0.15) is 5.06 Å². The molecule has 0 aliphatic carbocycles. The molecule has 2 heterocycles. The minimum absolute atomic E-state index is 0.0292. The zero-order chi connectivity index (χ0) is 53.5. The summed E-state index contributed by atoms with van der Waals surface area (Å²) >= 11 is 0. The minimum Gasteiger partial charge on any atom is -0.493 e. The van der Waals surface area contributed by atoms with E-state index in [1.165, 1.54) is 12.1 Å². The van der Waals surface area contributed by atoms with Gasteiger partial charge in [0.15, 0.2) is 5.76 Å². The van der Waals surface area contributed by atoms with Crippen LogP contribution in [0.4, 0.5) is 0 Å². The van der Waals surface area contributed by atoms with Gasteiger partial charge in [-0.1, -0.05) is 112 Å². The first kappa shape index (κ1) is 56.5. The zero-order valence-electron chi connectivity index (χ0n) is 43.0. The van der Waals surface area contributed by atoms with Crippen molar-refractivity contribution in [1.82, 2.24) is 25.9 Å². The van der Waals surface area contributed by atoms with Gasteiger partial charge in [-0.25, -0.2) is 9.59 Å². The van der Waals surface area contributed by atoms with E-state index in [-0.39, 0.29) is 49.3 Å². The predicted molar refractivity (Wildman–Crippen MR) is 276 cm³/mol. The highest BCUT2D eigenvalue weighted by Crippen LogP contribution is 2.30. The highest BCUT2D eigenvalue weighted by atomic mass is 16.7. The first-order valence-corrected chi connectivity index (χ1v) is 25.4. The number of esters is 2. The number of unbranched alkanes of at least 4 members (excludes halogenated alkanes) is 2. The van der Waals surface area contributed by atoms with Gasteiger partial charge in [0.05, 0.1) is 56.0 Å². The summed E-state index contributed by atoms with van der Waals surface area (Å²) in [5.41, 5.74) is 3.98. The van der Waals surface area contributed by atoms with Gasteiger partial charge in [-0.3, -0.25) is 28.9 Å². The van der Waals surface area contributed by atoms with Crippen molar-refractivity contribution in [3.63, 3.8) is 0 Å². The molecule has 1 aliphatic heterocycles. The Hall–Kier alpha value is -7.83. The Labute approximate surface area is 437 Å².